The van der Waals surface area contributed by atoms with Gasteiger partial charge < -0.3 is 10.6 Å². The van der Waals surface area contributed by atoms with Crippen LogP contribution in [0.5, 0.6) is 0 Å². The van der Waals surface area contributed by atoms with Crippen molar-refractivity contribution in [2.45, 2.75) is 31.6 Å². The van der Waals surface area contributed by atoms with E-state index in [4.69, 9.17) is 5.73 Å². The maximum absolute atomic E-state index is 12.8. The Morgan fingerprint density at radius 3 is 2.24 bits per heavy atom. The van der Waals surface area contributed by atoms with Crippen molar-refractivity contribution in [2.24, 2.45) is 0 Å². The van der Waals surface area contributed by atoms with E-state index < -0.39 is 10.0 Å². The maximum Gasteiger partial charge on any atom is 0.243 e. The molecule has 0 saturated carbocycles. The van der Waals surface area contributed by atoms with Gasteiger partial charge in [0, 0.05) is 25.8 Å². The quantitative estimate of drug-likeness (QED) is 0.839. The molecule has 1 aromatic carbocycles. The molecule has 0 spiro atoms. The standard InChI is InChI=1S/C15H25N3O2S/c1-12-10-14(16)11-13(2)15(12)21(19,20)17(3)8-9-18-6-4-5-7-18/h10-11H,4-9,16H2,1-3H3. The molecule has 1 aliphatic heterocycles. The zero-order chi connectivity index (χ0) is 15.6. The second-order valence-electron chi connectivity index (χ2n) is 5.86. The fraction of sp³-hybridized carbons (Fsp3) is 0.600. The van der Waals surface area contributed by atoms with E-state index in [1.165, 1.54) is 17.1 Å². The van der Waals surface area contributed by atoms with Gasteiger partial charge in [-0.1, -0.05) is 0 Å². The molecule has 1 aromatic rings. The van der Waals surface area contributed by atoms with Crippen LogP contribution in [0.4, 0.5) is 5.69 Å². The molecule has 2 N–H and O–H groups in total. The largest absolute Gasteiger partial charge is 0.399 e. The molecule has 6 heteroatoms. The lowest BCUT2D eigenvalue weighted by molar-refractivity contribution is 0.310. The lowest BCUT2D eigenvalue weighted by atomic mass is 10.1. The van der Waals surface area contributed by atoms with Crippen molar-refractivity contribution in [1.29, 1.82) is 0 Å². The Hall–Kier alpha value is -1.11. The first kappa shape index (κ1) is 16.3. The molecular weight excluding hydrogens is 286 g/mol. The van der Waals surface area contributed by atoms with Gasteiger partial charge in [-0.25, -0.2) is 8.42 Å². The molecule has 1 heterocycles. The van der Waals surface area contributed by atoms with E-state index in [1.807, 2.05) is 0 Å². The molecule has 0 aliphatic carbocycles. The third-order valence-corrected chi connectivity index (χ3v) is 6.24. The number of sulfonamides is 1. The van der Waals surface area contributed by atoms with Crippen molar-refractivity contribution in [3.8, 4) is 0 Å². The van der Waals surface area contributed by atoms with Crippen molar-refractivity contribution < 1.29 is 8.42 Å². The fourth-order valence-corrected chi connectivity index (χ4v) is 4.52. The Morgan fingerprint density at radius 2 is 1.71 bits per heavy atom. The Labute approximate surface area is 127 Å². The van der Waals surface area contributed by atoms with Crippen LogP contribution in [0.3, 0.4) is 0 Å². The molecule has 0 radical (unpaired) electrons. The highest BCUT2D eigenvalue weighted by molar-refractivity contribution is 7.89. The van der Waals surface area contributed by atoms with Crippen LogP contribution >= 0.6 is 0 Å². The number of nitrogens with zero attached hydrogens (tertiary/aromatic N) is 2. The number of likely N-dealkylation sites (tertiary alicyclic amines) is 1. The summed E-state index contributed by atoms with van der Waals surface area (Å²) >= 11 is 0. The highest BCUT2D eigenvalue weighted by Gasteiger charge is 2.25. The van der Waals surface area contributed by atoms with Crippen LogP contribution in [-0.4, -0.2) is 50.8 Å². The second-order valence-corrected chi connectivity index (χ2v) is 7.84. The van der Waals surface area contributed by atoms with E-state index in [9.17, 15) is 8.42 Å². The number of anilines is 1. The van der Waals surface area contributed by atoms with E-state index in [2.05, 4.69) is 4.90 Å². The number of likely N-dealkylation sites (N-methyl/N-ethyl adjacent to an activating group) is 1. The fourth-order valence-electron chi connectivity index (χ4n) is 2.96. The topological polar surface area (TPSA) is 66.6 Å². The molecule has 0 amide bonds. The summed E-state index contributed by atoms with van der Waals surface area (Å²) in [5, 5.41) is 0. The lowest BCUT2D eigenvalue weighted by Gasteiger charge is -2.23. The Bertz CT molecular complexity index is 584. The molecule has 0 bridgehead atoms. The van der Waals surface area contributed by atoms with Gasteiger partial charge in [-0.3, -0.25) is 0 Å². The van der Waals surface area contributed by atoms with Crippen LogP contribution in [0.15, 0.2) is 17.0 Å². The summed E-state index contributed by atoms with van der Waals surface area (Å²) in [6, 6.07) is 3.43. The minimum atomic E-state index is -3.46. The van der Waals surface area contributed by atoms with Crippen LogP contribution < -0.4 is 5.73 Å². The molecule has 0 aromatic heterocycles. The van der Waals surface area contributed by atoms with Crippen molar-refractivity contribution in [3.05, 3.63) is 23.3 Å². The summed E-state index contributed by atoms with van der Waals surface area (Å²) in [5.74, 6) is 0. The number of aryl methyl sites for hydroxylation is 2. The predicted octanol–water partition coefficient (Wildman–Crippen LogP) is 1.60. The molecular formula is C15H25N3O2S. The number of hydrogen-bond acceptors (Lipinski definition) is 4. The summed E-state index contributed by atoms with van der Waals surface area (Å²) in [4.78, 5) is 2.70. The monoisotopic (exact) mass is 311 g/mol. The zero-order valence-electron chi connectivity index (χ0n) is 13.1. The van der Waals surface area contributed by atoms with E-state index in [0.29, 0.717) is 28.3 Å². The number of hydrogen-bond donors (Lipinski definition) is 1. The van der Waals surface area contributed by atoms with Crippen molar-refractivity contribution in [2.75, 3.05) is 39.0 Å². The van der Waals surface area contributed by atoms with E-state index >= 15 is 0 Å². The highest BCUT2D eigenvalue weighted by atomic mass is 32.2. The van der Waals surface area contributed by atoms with Gasteiger partial charge in [-0.05, 0) is 63.0 Å². The molecule has 2 rings (SSSR count). The Kier molecular flexibility index (Phi) is 4.91. The summed E-state index contributed by atoms with van der Waals surface area (Å²) in [7, 11) is -1.80. The van der Waals surface area contributed by atoms with E-state index in [0.717, 1.165) is 19.6 Å². The number of nitrogens with two attached hydrogens (primary N) is 1. The van der Waals surface area contributed by atoms with Gasteiger partial charge in [0.2, 0.25) is 10.0 Å². The van der Waals surface area contributed by atoms with Gasteiger partial charge in [-0.2, -0.15) is 4.31 Å². The summed E-state index contributed by atoms with van der Waals surface area (Å²) < 4.78 is 27.0. The van der Waals surface area contributed by atoms with E-state index in [1.54, 1.807) is 33.0 Å². The average Bonchev–Trinajstić information content (AvgIpc) is 2.87. The number of benzene rings is 1. The van der Waals surface area contributed by atoms with Gasteiger partial charge >= 0.3 is 0 Å². The van der Waals surface area contributed by atoms with E-state index in [-0.39, 0.29) is 0 Å². The first-order chi connectivity index (χ1) is 9.82. The molecule has 0 atom stereocenters. The molecule has 21 heavy (non-hydrogen) atoms. The maximum atomic E-state index is 12.8. The average molecular weight is 311 g/mol. The lowest BCUT2D eigenvalue weighted by Crippen LogP contribution is -2.35. The summed E-state index contributed by atoms with van der Waals surface area (Å²) in [6.45, 7) is 7.06. The Balaban J connectivity index is 2.17. The summed E-state index contributed by atoms with van der Waals surface area (Å²) in [5.41, 5.74) is 7.79. The van der Waals surface area contributed by atoms with Crippen molar-refractivity contribution in [3.63, 3.8) is 0 Å². The molecule has 1 saturated heterocycles. The van der Waals surface area contributed by atoms with Gasteiger partial charge in [0.1, 0.15) is 0 Å². The highest BCUT2D eigenvalue weighted by Crippen LogP contribution is 2.25. The molecule has 118 valence electrons. The molecule has 5 nitrogen and oxygen atoms in total. The number of nitrogen functional groups attached to an aromatic ring is 1. The molecule has 0 unspecified atom stereocenters. The van der Waals surface area contributed by atoms with Crippen LogP contribution in [0.25, 0.3) is 0 Å². The van der Waals surface area contributed by atoms with Crippen LogP contribution in [-0.2, 0) is 10.0 Å². The minimum Gasteiger partial charge on any atom is -0.399 e. The first-order valence-electron chi connectivity index (χ1n) is 7.38. The molecule has 1 aliphatic rings. The third kappa shape index (κ3) is 3.56. The Morgan fingerprint density at radius 1 is 1.19 bits per heavy atom. The zero-order valence-corrected chi connectivity index (χ0v) is 13.9. The molecule has 1 fully saturated rings. The summed E-state index contributed by atoms with van der Waals surface area (Å²) in [6.07, 6.45) is 2.43. The van der Waals surface area contributed by atoms with Gasteiger partial charge in [0.25, 0.3) is 0 Å². The van der Waals surface area contributed by atoms with Gasteiger partial charge in [-0.15, -0.1) is 0 Å². The SMILES string of the molecule is Cc1cc(N)cc(C)c1S(=O)(=O)N(C)CCN1CCCC1. The van der Waals surface area contributed by atoms with Crippen molar-refractivity contribution in [1.82, 2.24) is 9.21 Å². The van der Waals surface area contributed by atoms with Crippen molar-refractivity contribution >= 4 is 15.7 Å². The smallest absolute Gasteiger partial charge is 0.243 e. The second kappa shape index (κ2) is 6.34. The third-order valence-electron chi connectivity index (χ3n) is 4.08. The van der Waals surface area contributed by atoms with Crippen LogP contribution in [0.1, 0.15) is 24.0 Å². The predicted molar refractivity (Wildman–Crippen MR) is 85.8 cm³/mol. The normalized spacial score (nSPS) is 16.8. The van der Waals surface area contributed by atoms with Gasteiger partial charge in [0.05, 0.1) is 4.90 Å². The van der Waals surface area contributed by atoms with Gasteiger partial charge in [0.15, 0.2) is 0 Å². The number of rotatable bonds is 5. The van der Waals surface area contributed by atoms with Crippen LogP contribution in [0.2, 0.25) is 0 Å². The first-order valence-corrected chi connectivity index (χ1v) is 8.82. The van der Waals surface area contributed by atoms with Crippen LogP contribution in [0, 0.1) is 13.8 Å². The minimum absolute atomic E-state index is 0.389.